The van der Waals surface area contributed by atoms with Gasteiger partial charge in [0.1, 0.15) is 12.2 Å². The predicted molar refractivity (Wildman–Crippen MR) is 258 cm³/mol. The van der Waals surface area contributed by atoms with Crippen LogP contribution in [0.4, 0.5) is 0 Å². The van der Waals surface area contributed by atoms with Crippen LogP contribution >= 0.6 is 0 Å². The van der Waals surface area contributed by atoms with Crippen molar-refractivity contribution < 1.29 is 61.8 Å². The molecule has 2 aliphatic carbocycles. The summed E-state index contributed by atoms with van der Waals surface area (Å²) in [5.41, 5.74) is 0.655. The SMILES string of the molecule is CCCC(C)C(=O)C1(OCNCN[C@H](CCc2ccccc2)NCNCNC(=O)COCCOCCOCCOCCOCCOCCOCCOCCOCCNC(=O)C2CCCCC2)CC1. The fourth-order valence-electron chi connectivity index (χ4n) is 7.41. The van der Waals surface area contributed by atoms with E-state index in [2.05, 4.69) is 51.0 Å². The average Bonchev–Trinajstić information content (AvgIpc) is 4.15. The normalized spacial score (nSPS) is 15.6. The third kappa shape index (κ3) is 30.8. The number of nitrogens with one attached hydrogen (secondary N) is 6. The molecule has 0 bridgehead atoms. The molecule has 1 aromatic carbocycles. The summed E-state index contributed by atoms with van der Waals surface area (Å²) in [6.45, 7) is 13.9. The van der Waals surface area contributed by atoms with Gasteiger partial charge in [0, 0.05) is 31.7 Å². The fraction of sp³-hybridized carbons (Fsp3) is 0.816. The Morgan fingerprint density at radius 1 is 0.603 bits per heavy atom. The Morgan fingerprint density at radius 3 is 1.62 bits per heavy atom. The molecule has 0 heterocycles. The van der Waals surface area contributed by atoms with Gasteiger partial charge in [0.05, 0.1) is 132 Å². The topological polar surface area (TPSA) is 216 Å². The lowest BCUT2D eigenvalue weighted by molar-refractivity contribution is -0.138. The van der Waals surface area contributed by atoms with Crippen molar-refractivity contribution in [3.8, 4) is 0 Å². The first-order chi connectivity index (χ1) is 33.4. The molecule has 3 rings (SSSR count). The summed E-state index contributed by atoms with van der Waals surface area (Å²) in [6.07, 6.45) is 10.8. The smallest absolute Gasteiger partial charge is 0.246 e. The number of amides is 2. The molecule has 6 N–H and O–H groups in total. The van der Waals surface area contributed by atoms with Crippen LogP contribution in [0, 0.1) is 11.8 Å². The summed E-state index contributed by atoms with van der Waals surface area (Å²) in [5.74, 6) is 0.380. The van der Waals surface area contributed by atoms with Gasteiger partial charge in [-0.2, -0.15) is 0 Å². The summed E-state index contributed by atoms with van der Waals surface area (Å²) in [7, 11) is 0. The number of carbonyl (C=O) groups is 3. The number of hydrogen-bond donors (Lipinski definition) is 6. The van der Waals surface area contributed by atoms with Gasteiger partial charge in [0.25, 0.3) is 0 Å². The van der Waals surface area contributed by atoms with Crippen LogP contribution in [0.3, 0.4) is 0 Å². The second kappa shape index (κ2) is 40.9. The standard InChI is InChI=1S/C49H88N6O13/c1-3-10-42(2)47(57)49(17-18-49)68-41-51-40-54-45(16-15-43-11-6-4-7-12-43)53-38-50-39-55-46(56)37-67-36-35-66-34-33-65-32-31-64-30-29-63-28-27-62-26-25-61-24-23-60-22-21-59-20-19-52-48(58)44-13-8-5-9-14-44/h4,6-7,11-12,42,44-45,50-51,53-54H,3,5,8-10,13-41H2,1-2H3,(H,52,58)(H,55,56)/t42?,45-/m1/s1. The van der Waals surface area contributed by atoms with Crippen LogP contribution < -0.4 is 31.9 Å². The predicted octanol–water partition coefficient (Wildman–Crippen LogP) is 2.65. The van der Waals surface area contributed by atoms with E-state index in [1.165, 1.54) is 12.0 Å². The number of carbonyl (C=O) groups excluding carboxylic acids is 3. The molecule has 19 nitrogen and oxygen atoms in total. The first-order valence-electron chi connectivity index (χ1n) is 25.3. The second-order valence-corrected chi connectivity index (χ2v) is 17.0. The molecule has 2 fully saturated rings. The minimum absolute atomic E-state index is 0.00369. The third-order valence-corrected chi connectivity index (χ3v) is 11.4. The van der Waals surface area contributed by atoms with Gasteiger partial charge < -0.3 is 58.0 Å². The molecule has 2 aliphatic rings. The molecule has 392 valence electrons. The number of Topliss-reactive ketones (excluding diaryl/α,β-unsaturated/α-hetero) is 1. The maximum Gasteiger partial charge on any atom is 0.246 e. The van der Waals surface area contributed by atoms with Crippen molar-refractivity contribution in [2.75, 3.05) is 152 Å². The van der Waals surface area contributed by atoms with Crippen LogP contribution in [-0.2, 0) is 68.2 Å². The lowest BCUT2D eigenvalue weighted by atomic mass is 9.89. The molecule has 2 atom stereocenters. The quantitative estimate of drug-likeness (QED) is 0.0409. The van der Waals surface area contributed by atoms with E-state index in [-0.39, 0.29) is 48.9 Å². The number of hydrogen-bond acceptors (Lipinski definition) is 17. The zero-order chi connectivity index (χ0) is 48.4. The number of rotatable bonds is 48. The van der Waals surface area contributed by atoms with E-state index in [1.807, 2.05) is 25.1 Å². The van der Waals surface area contributed by atoms with E-state index in [9.17, 15) is 14.4 Å². The third-order valence-electron chi connectivity index (χ3n) is 11.4. The van der Waals surface area contributed by atoms with Gasteiger partial charge in [0.15, 0.2) is 5.78 Å². The minimum atomic E-state index is -0.601. The Balaban J connectivity index is 1.00. The van der Waals surface area contributed by atoms with E-state index < -0.39 is 5.60 Å². The number of aryl methyl sites for hydroxylation is 1. The molecule has 0 spiro atoms. The summed E-state index contributed by atoms with van der Waals surface area (Å²) in [5, 5.41) is 19.2. The van der Waals surface area contributed by atoms with Crippen molar-refractivity contribution >= 4 is 17.6 Å². The molecule has 0 aromatic heterocycles. The molecule has 1 aromatic rings. The minimum Gasteiger partial charge on any atom is -0.377 e. The Morgan fingerprint density at radius 2 is 1.10 bits per heavy atom. The molecule has 0 radical (unpaired) electrons. The average molecular weight is 969 g/mol. The number of benzene rings is 1. The van der Waals surface area contributed by atoms with Crippen LogP contribution in [0.2, 0.25) is 0 Å². The van der Waals surface area contributed by atoms with Crippen LogP contribution in [-0.4, -0.2) is 182 Å². The highest BCUT2D eigenvalue weighted by Gasteiger charge is 2.52. The Bertz CT molecular complexity index is 1380. The summed E-state index contributed by atoms with van der Waals surface area (Å²) < 4.78 is 55.6. The zero-order valence-electron chi connectivity index (χ0n) is 41.5. The molecular formula is C49H88N6O13. The van der Waals surface area contributed by atoms with E-state index in [4.69, 9.17) is 47.4 Å². The summed E-state index contributed by atoms with van der Waals surface area (Å²) in [6, 6.07) is 10.3. The van der Waals surface area contributed by atoms with Gasteiger partial charge in [-0.25, -0.2) is 0 Å². The monoisotopic (exact) mass is 969 g/mol. The first-order valence-corrected chi connectivity index (χ1v) is 25.3. The maximum absolute atomic E-state index is 12.8. The molecule has 0 saturated heterocycles. The Kier molecular flexibility index (Phi) is 35.9. The number of ketones is 1. The largest absolute Gasteiger partial charge is 0.377 e. The zero-order valence-corrected chi connectivity index (χ0v) is 41.5. The molecule has 0 aliphatic heterocycles. The first kappa shape index (κ1) is 59.6. The molecule has 2 amide bonds. The number of ether oxygens (including phenoxy) is 10. The summed E-state index contributed by atoms with van der Waals surface area (Å²) in [4.78, 5) is 37.1. The Hall–Kier alpha value is -2.73. The van der Waals surface area contributed by atoms with Gasteiger partial charge in [0.2, 0.25) is 11.8 Å². The molecule has 68 heavy (non-hydrogen) atoms. The van der Waals surface area contributed by atoms with Gasteiger partial charge in [-0.05, 0) is 50.5 Å². The molecule has 1 unspecified atom stereocenters. The van der Waals surface area contributed by atoms with Crippen LogP contribution in [0.15, 0.2) is 30.3 Å². The van der Waals surface area contributed by atoms with Crippen molar-refractivity contribution in [3.05, 3.63) is 35.9 Å². The lowest BCUT2D eigenvalue weighted by Crippen LogP contribution is -2.50. The molecule has 19 heteroatoms. The highest BCUT2D eigenvalue weighted by molar-refractivity contribution is 5.91. The van der Waals surface area contributed by atoms with E-state index in [0.717, 1.165) is 64.2 Å². The van der Waals surface area contributed by atoms with Crippen LogP contribution in [0.5, 0.6) is 0 Å². The lowest BCUT2D eigenvalue weighted by Gasteiger charge is -2.23. The molecule has 2 saturated carbocycles. The van der Waals surface area contributed by atoms with Gasteiger partial charge in [-0.1, -0.05) is 69.9 Å². The highest BCUT2D eigenvalue weighted by Crippen LogP contribution is 2.42. The fourth-order valence-corrected chi connectivity index (χ4v) is 7.41. The van der Waals surface area contributed by atoms with Crippen molar-refractivity contribution in [3.63, 3.8) is 0 Å². The van der Waals surface area contributed by atoms with E-state index in [0.29, 0.717) is 139 Å². The van der Waals surface area contributed by atoms with Gasteiger partial charge in [-0.15, -0.1) is 0 Å². The van der Waals surface area contributed by atoms with Gasteiger partial charge in [-0.3, -0.25) is 35.7 Å². The Labute approximate surface area is 406 Å². The van der Waals surface area contributed by atoms with Crippen LogP contribution in [0.1, 0.15) is 83.6 Å². The van der Waals surface area contributed by atoms with Crippen molar-refractivity contribution in [1.29, 1.82) is 0 Å². The molecular weight excluding hydrogens is 881 g/mol. The van der Waals surface area contributed by atoms with Gasteiger partial charge >= 0.3 is 0 Å². The van der Waals surface area contributed by atoms with E-state index in [1.54, 1.807) is 0 Å². The van der Waals surface area contributed by atoms with E-state index >= 15 is 0 Å². The van der Waals surface area contributed by atoms with Crippen LogP contribution in [0.25, 0.3) is 0 Å². The van der Waals surface area contributed by atoms with Crippen molar-refractivity contribution in [2.24, 2.45) is 11.8 Å². The maximum atomic E-state index is 12.8. The highest BCUT2D eigenvalue weighted by atomic mass is 16.6. The summed E-state index contributed by atoms with van der Waals surface area (Å²) >= 11 is 0. The van der Waals surface area contributed by atoms with Crippen molar-refractivity contribution in [1.82, 2.24) is 31.9 Å². The second-order valence-electron chi connectivity index (χ2n) is 17.0. The van der Waals surface area contributed by atoms with Crippen molar-refractivity contribution in [2.45, 2.75) is 96.2 Å².